The minimum absolute atomic E-state index is 0.0103. The number of carbonyl (C=O) groups excluding carboxylic acids is 4. The van der Waals surface area contributed by atoms with Crippen molar-refractivity contribution in [3.8, 4) is 12.3 Å². The van der Waals surface area contributed by atoms with Gasteiger partial charge in [-0.05, 0) is 24.1 Å². The number of rotatable bonds is 4. The van der Waals surface area contributed by atoms with Gasteiger partial charge in [-0.15, -0.1) is 6.42 Å². The molecule has 140 valence electrons. The molecule has 0 spiro atoms. The molecule has 0 aliphatic carbocycles. The molecule has 0 radical (unpaired) electrons. The average Bonchev–Trinajstić information content (AvgIpc) is 2.83. The summed E-state index contributed by atoms with van der Waals surface area (Å²) in [6.45, 7) is 0. The predicted molar refractivity (Wildman–Crippen MR) is 90.6 cm³/mol. The number of nitrogens with one attached hydrogen (secondary N) is 1. The zero-order valence-corrected chi connectivity index (χ0v) is 14.9. The van der Waals surface area contributed by atoms with Crippen LogP contribution in [0.2, 0.25) is 0 Å². The fourth-order valence-electron chi connectivity index (χ4n) is 3.01. The average molecular weight is 390 g/mol. The van der Waals surface area contributed by atoms with Gasteiger partial charge in [0.1, 0.15) is 6.04 Å². The third kappa shape index (κ3) is 3.47. The number of benzene rings is 1. The minimum Gasteiger partial charge on any atom is -0.295 e. The van der Waals surface area contributed by atoms with E-state index in [1.165, 1.54) is 18.2 Å². The van der Waals surface area contributed by atoms with Gasteiger partial charge in [0, 0.05) is 6.42 Å². The molecule has 1 aromatic carbocycles. The van der Waals surface area contributed by atoms with E-state index in [-0.39, 0.29) is 29.5 Å². The van der Waals surface area contributed by atoms with Crippen molar-refractivity contribution >= 4 is 33.7 Å². The van der Waals surface area contributed by atoms with Gasteiger partial charge in [-0.25, -0.2) is 4.18 Å². The summed E-state index contributed by atoms with van der Waals surface area (Å²) < 4.78 is 27.4. The summed E-state index contributed by atoms with van der Waals surface area (Å²) in [7, 11) is -3.85. The fraction of sp³-hybridized carbons (Fsp3) is 0.294. The summed E-state index contributed by atoms with van der Waals surface area (Å²) in [6.07, 6.45) is 4.92. The summed E-state index contributed by atoms with van der Waals surface area (Å²) in [5, 5.41) is 2.10. The maximum Gasteiger partial charge on any atom is 0.265 e. The van der Waals surface area contributed by atoms with E-state index in [4.69, 9.17) is 10.6 Å². The summed E-state index contributed by atoms with van der Waals surface area (Å²) in [5.41, 5.74) is 0.246. The van der Waals surface area contributed by atoms with Crippen LogP contribution in [0.4, 0.5) is 0 Å². The lowest BCUT2D eigenvalue weighted by molar-refractivity contribution is -0.136. The molecule has 10 heteroatoms. The van der Waals surface area contributed by atoms with Gasteiger partial charge >= 0.3 is 0 Å². The Hall–Kier alpha value is -3.03. The van der Waals surface area contributed by atoms with Crippen LogP contribution in [0.25, 0.3) is 0 Å². The van der Waals surface area contributed by atoms with Crippen LogP contribution < -0.4 is 5.32 Å². The van der Waals surface area contributed by atoms with Crippen molar-refractivity contribution in [1.82, 2.24) is 10.2 Å². The Morgan fingerprint density at radius 2 is 1.89 bits per heavy atom. The zero-order chi connectivity index (χ0) is 19.9. The molecule has 2 heterocycles. The number of hydrogen-bond donors (Lipinski definition) is 1. The van der Waals surface area contributed by atoms with E-state index in [0.717, 1.165) is 11.2 Å². The number of hydrogen-bond acceptors (Lipinski definition) is 7. The molecule has 1 fully saturated rings. The molecule has 9 nitrogen and oxygen atoms in total. The first-order chi connectivity index (χ1) is 12.6. The van der Waals surface area contributed by atoms with Crippen molar-refractivity contribution in [1.29, 1.82) is 0 Å². The third-order valence-electron chi connectivity index (χ3n) is 4.19. The molecule has 0 aromatic heterocycles. The Labute approximate surface area is 154 Å². The monoisotopic (exact) mass is 390 g/mol. The quantitative estimate of drug-likeness (QED) is 0.426. The molecule has 3 rings (SSSR count). The third-order valence-corrected chi connectivity index (χ3v) is 4.73. The Bertz CT molecular complexity index is 1020. The molecular formula is C17H14N2O7S. The highest BCUT2D eigenvalue weighted by Gasteiger charge is 2.44. The molecule has 1 saturated heterocycles. The van der Waals surface area contributed by atoms with Crippen molar-refractivity contribution in [3.63, 3.8) is 0 Å². The second kappa shape index (κ2) is 6.61. The summed E-state index contributed by atoms with van der Waals surface area (Å²) in [6, 6.07) is 2.90. The van der Waals surface area contributed by atoms with Crippen LogP contribution in [0, 0.1) is 12.3 Å². The fourth-order valence-corrected chi connectivity index (χ4v) is 3.52. The summed E-state index contributed by atoms with van der Waals surface area (Å²) in [4.78, 5) is 49.4. The summed E-state index contributed by atoms with van der Waals surface area (Å²) >= 11 is 0. The number of imide groups is 2. The normalized spacial score (nSPS) is 20.9. The van der Waals surface area contributed by atoms with E-state index in [9.17, 15) is 27.6 Å². The Morgan fingerprint density at radius 3 is 2.48 bits per heavy atom. The number of amides is 4. The van der Waals surface area contributed by atoms with Gasteiger partial charge in [-0.3, -0.25) is 29.4 Å². The standard InChI is InChI=1S/C17H14N2O7S/c1-3-13(26-27(2,24)25)9-4-5-10-11(8-9)17(23)19(16(10)22)12-6-7-14(20)18-15(12)21/h1,4-5,8,12-13H,6-7H2,2H3,(H,18,20,21). The lowest BCUT2D eigenvalue weighted by Crippen LogP contribution is -2.54. The highest BCUT2D eigenvalue weighted by atomic mass is 32.2. The van der Waals surface area contributed by atoms with Crippen molar-refractivity contribution in [2.75, 3.05) is 6.26 Å². The van der Waals surface area contributed by atoms with Crippen LogP contribution in [0.15, 0.2) is 18.2 Å². The van der Waals surface area contributed by atoms with E-state index >= 15 is 0 Å². The topological polar surface area (TPSA) is 127 Å². The number of terminal acetylenes is 1. The number of carbonyl (C=O) groups is 4. The van der Waals surface area contributed by atoms with E-state index in [2.05, 4.69) is 11.2 Å². The van der Waals surface area contributed by atoms with Crippen molar-refractivity contribution < 1.29 is 31.8 Å². The molecule has 1 aromatic rings. The van der Waals surface area contributed by atoms with Crippen LogP contribution in [0.3, 0.4) is 0 Å². The maximum absolute atomic E-state index is 12.7. The molecule has 2 atom stereocenters. The molecule has 1 N–H and O–H groups in total. The lowest BCUT2D eigenvalue weighted by atomic mass is 10.0. The molecule has 2 aliphatic heterocycles. The Morgan fingerprint density at radius 1 is 1.22 bits per heavy atom. The second-order valence-corrected chi connectivity index (χ2v) is 7.70. The molecule has 0 bridgehead atoms. The van der Waals surface area contributed by atoms with Gasteiger partial charge < -0.3 is 0 Å². The first-order valence-electron chi connectivity index (χ1n) is 7.82. The Balaban J connectivity index is 1.94. The van der Waals surface area contributed by atoms with Crippen LogP contribution in [-0.2, 0) is 23.9 Å². The van der Waals surface area contributed by atoms with Crippen LogP contribution in [0.1, 0.15) is 45.2 Å². The minimum atomic E-state index is -3.85. The van der Waals surface area contributed by atoms with Crippen molar-refractivity contribution in [2.45, 2.75) is 25.0 Å². The number of nitrogens with zero attached hydrogens (tertiary/aromatic N) is 1. The number of fused-ring (bicyclic) bond motifs is 1. The highest BCUT2D eigenvalue weighted by Crippen LogP contribution is 2.30. The number of piperidine rings is 1. The molecule has 2 aliphatic rings. The van der Waals surface area contributed by atoms with Gasteiger partial charge in [0.25, 0.3) is 21.9 Å². The molecule has 27 heavy (non-hydrogen) atoms. The molecular weight excluding hydrogens is 376 g/mol. The van der Waals surface area contributed by atoms with Crippen LogP contribution >= 0.6 is 0 Å². The zero-order valence-electron chi connectivity index (χ0n) is 14.1. The van der Waals surface area contributed by atoms with Gasteiger partial charge in [-0.2, -0.15) is 8.42 Å². The van der Waals surface area contributed by atoms with Gasteiger partial charge in [0.15, 0.2) is 6.10 Å². The van der Waals surface area contributed by atoms with Crippen LogP contribution in [0.5, 0.6) is 0 Å². The van der Waals surface area contributed by atoms with E-state index in [0.29, 0.717) is 0 Å². The summed E-state index contributed by atoms with van der Waals surface area (Å²) in [5.74, 6) is -0.411. The maximum atomic E-state index is 12.7. The second-order valence-electron chi connectivity index (χ2n) is 6.10. The predicted octanol–water partition coefficient (Wildman–Crippen LogP) is -0.262. The molecule has 0 saturated carbocycles. The smallest absolute Gasteiger partial charge is 0.265 e. The van der Waals surface area contributed by atoms with Crippen LogP contribution in [-0.4, -0.2) is 49.2 Å². The van der Waals surface area contributed by atoms with Gasteiger partial charge in [-0.1, -0.05) is 12.0 Å². The van der Waals surface area contributed by atoms with Crippen molar-refractivity contribution in [3.05, 3.63) is 34.9 Å². The first-order valence-corrected chi connectivity index (χ1v) is 9.64. The van der Waals surface area contributed by atoms with Gasteiger partial charge in [0.05, 0.1) is 17.4 Å². The van der Waals surface area contributed by atoms with E-state index < -0.39 is 45.9 Å². The first kappa shape index (κ1) is 18.8. The highest BCUT2D eigenvalue weighted by molar-refractivity contribution is 7.86. The largest absolute Gasteiger partial charge is 0.295 e. The molecule has 2 unspecified atom stereocenters. The lowest BCUT2D eigenvalue weighted by Gasteiger charge is -2.27. The Kier molecular flexibility index (Phi) is 4.59. The SMILES string of the molecule is C#CC(OS(C)(=O)=O)c1ccc2c(c1)C(=O)N(C1CCC(=O)NC1=O)C2=O. The van der Waals surface area contributed by atoms with E-state index in [1.54, 1.807) is 0 Å². The van der Waals surface area contributed by atoms with Crippen molar-refractivity contribution in [2.24, 2.45) is 0 Å². The molecule has 4 amide bonds. The van der Waals surface area contributed by atoms with E-state index in [1.807, 2.05) is 0 Å². The van der Waals surface area contributed by atoms with Gasteiger partial charge in [0.2, 0.25) is 11.8 Å².